The molecule has 0 aromatic carbocycles. The van der Waals surface area contributed by atoms with Gasteiger partial charge < -0.3 is 5.73 Å². The molecule has 0 saturated heterocycles. The van der Waals surface area contributed by atoms with Crippen molar-refractivity contribution in [2.75, 3.05) is 6.54 Å². The number of rotatable bonds is 3. The third-order valence-corrected chi connectivity index (χ3v) is 3.89. The average molecular weight is 167 g/mol. The summed E-state index contributed by atoms with van der Waals surface area (Å²) >= 11 is 0. The Balaban J connectivity index is 2.64. The molecular formula is C11H21N. The van der Waals surface area contributed by atoms with Gasteiger partial charge in [0, 0.05) is 0 Å². The molecule has 2 N–H and O–H groups in total. The fourth-order valence-electron chi connectivity index (χ4n) is 2.55. The molecule has 1 aliphatic carbocycles. The molecule has 0 aromatic rings. The van der Waals surface area contributed by atoms with E-state index < -0.39 is 0 Å². The minimum atomic E-state index is 0.430. The van der Waals surface area contributed by atoms with E-state index in [0.717, 1.165) is 13.0 Å². The lowest BCUT2D eigenvalue weighted by Gasteiger charge is -2.04. The zero-order chi connectivity index (χ0) is 9.57. The molecule has 1 saturated carbocycles. The molecule has 0 bridgehead atoms. The molecule has 70 valence electrons. The van der Waals surface area contributed by atoms with Gasteiger partial charge in [-0.2, -0.15) is 0 Å². The largest absolute Gasteiger partial charge is 0.330 e. The van der Waals surface area contributed by atoms with Gasteiger partial charge in [0.2, 0.25) is 0 Å². The van der Waals surface area contributed by atoms with E-state index >= 15 is 0 Å². The zero-order valence-corrected chi connectivity index (χ0v) is 8.78. The van der Waals surface area contributed by atoms with Crippen molar-refractivity contribution >= 4 is 0 Å². The zero-order valence-electron chi connectivity index (χ0n) is 8.78. The Labute approximate surface area is 76.0 Å². The van der Waals surface area contributed by atoms with Gasteiger partial charge in [0.05, 0.1) is 0 Å². The Morgan fingerprint density at radius 3 is 1.92 bits per heavy atom. The van der Waals surface area contributed by atoms with Gasteiger partial charge in [-0.25, -0.2) is 0 Å². The molecule has 0 aliphatic heterocycles. The van der Waals surface area contributed by atoms with Crippen LogP contribution in [0.5, 0.6) is 0 Å². The highest BCUT2D eigenvalue weighted by molar-refractivity contribution is 5.26. The first kappa shape index (κ1) is 9.79. The predicted molar refractivity (Wildman–Crippen MR) is 53.9 cm³/mol. The van der Waals surface area contributed by atoms with Crippen LogP contribution in [0.2, 0.25) is 0 Å². The summed E-state index contributed by atoms with van der Waals surface area (Å²) in [7, 11) is 0. The first-order valence-electron chi connectivity index (χ1n) is 4.73. The summed E-state index contributed by atoms with van der Waals surface area (Å²) in [5.74, 6) is 0.675. The molecule has 0 heterocycles. The minimum Gasteiger partial charge on any atom is -0.330 e. The summed E-state index contributed by atoms with van der Waals surface area (Å²) in [5.41, 5.74) is 7.71. The topological polar surface area (TPSA) is 26.0 Å². The van der Waals surface area contributed by atoms with Crippen molar-refractivity contribution in [3.8, 4) is 0 Å². The van der Waals surface area contributed by atoms with E-state index in [2.05, 4.69) is 34.3 Å². The Hall–Kier alpha value is -0.300. The second kappa shape index (κ2) is 2.59. The first-order valence-corrected chi connectivity index (χ1v) is 4.73. The summed E-state index contributed by atoms with van der Waals surface area (Å²) < 4.78 is 0. The maximum atomic E-state index is 5.51. The van der Waals surface area contributed by atoms with Gasteiger partial charge in [-0.3, -0.25) is 0 Å². The van der Waals surface area contributed by atoms with Crippen molar-refractivity contribution in [3.05, 3.63) is 12.2 Å². The van der Waals surface area contributed by atoms with Crippen LogP contribution in [-0.2, 0) is 0 Å². The van der Waals surface area contributed by atoms with E-state index in [1.54, 1.807) is 0 Å². The standard InChI is InChI=1S/C11H21N/c1-8(6-7-12)9-10(2,3)11(9,4)5/h9H,1,6-7,12H2,2-5H3. The normalized spacial score (nSPS) is 25.4. The van der Waals surface area contributed by atoms with Crippen LogP contribution in [0.3, 0.4) is 0 Å². The van der Waals surface area contributed by atoms with Crippen molar-refractivity contribution in [3.63, 3.8) is 0 Å². The molecule has 0 unspecified atom stereocenters. The molecule has 0 amide bonds. The summed E-state index contributed by atoms with van der Waals surface area (Å²) in [5, 5.41) is 0. The van der Waals surface area contributed by atoms with Crippen LogP contribution in [0, 0.1) is 16.7 Å². The first-order chi connectivity index (χ1) is 5.35. The summed E-state index contributed by atoms with van der Waals surface area (Å²) in [6.45, 7) is 14.1. The monoisotopic (exact) mass is 167 g/mol. The summed E-state index contributed by atoms with van der Waals surface area (Å²) in [6.07, 6.45) is 0.984. The van der Waals surface area contributed by atoms with Crippen molar-refractivity contribution in [2.24, 2.45) is 22.5 Å². The van der Waals surface area contributed by atoms with Crippen LogP contribution >= 0.6 is 0 Å². The van der Waals surface area contributed by atoms with Crippen LogP contribution in [0.1, 0.15) is 34.1 Å². The Morgan fingerprint density at radius 2 is 1.67 bits per heavy atom. The third-order valence-electron chi connectivity index (χ3n) is 3.89. The quantitative estimate of drug-likeness (QED) is 0.642. The van der Waals surface area contributed by atoms with E-state index in [1.807, 2.05) is 0 Å². The molecule has 0 radical (unpaired) electrons. The van der Waals surface area contributed by atoms with Crippen LogP contribution in [-0.4, -0.2) is 6.54 Å². The second-order valence-electron chi connectivity index (χ2n) is 5.07. The molecule has 1 fully saturated rings. The smallest absolute Gasteiger partial charge is 0.00399 e. The van der Waals surface area contributed by atoms with Crippen LogP contribution < -0.4 is 5.73 Å². The molecule has 0 atom stereocenters. The van der Waals surface area contributed by atoms with Crippen molar-refractivity contribution in [1.82, 2.24) is 0 Å². The molecular weight excluding hydrogens is 146 g/mol. The molecule has 12 heavy (non-hydrogen) atoms. The molecule has 0 spiro atoms. The van der Waals surface area contributed by atoms with E-state index in [1.165, 1.54) is 5.57 Å². The Morgan fingerprint density at radius 1 is 1.25 bits per heavy atom. The lowest BCUT2D eigenvalue weighted by molar-refractivity contribution is 0.457. The summed E-state index contributed by atoms with van der Waals surface area (Å²) in [6, 6.07) is 0. The van der Waals surface area contributed by atoms with Gasteiger partial charge in [0.1, 0.15) is 0 Å². The lowest BCUT2D eigenvalue weighted by Crippen LogP contribution is -2.03. The minimum absolute atomic E-state index is 0.430. The van der Waals surface area contributed by atoms with Crippen LogP contribution in [0.4, 0.5) is 0 Å². The van der Waals surface area contributed by atoms with E-state index in [0.29, 0.717) is 16.7 Å². The number of nitrogens with two attached hydrogens (primary N) is 1. The SMILES string of the molecule is C=C(CCN)C1C(C)(C)C1(C)C. The highest BCUT2D eigenvalue weighted by Crippen LogP contribution is 2.71. The highest BCUT2D eigenvalue weighted by Gasteiger charge is 2.64. The van der Waals surface area contributed by atoms with Gasteiger partial charge in [-0.1, -0.05) is 39.8 Å². The van der Waals surface area contributed by atoms with E-state index in [-0.39, 0.29) is 0 Å². The molecule has 0 aromatic heterocycles. The van der Waals surface area contributed by atoms with Gasteiger partial charge in [-0.05, 0) is 29.7 Å². The fourth-order valence-corrected chi connectivity index (χ4v) is 2.55. The van der Waals surface area contributed by atoms with Crippen LogP contribution in [0.15, 0.2) is 12.2 Å². The number of hydrogen-bond acceptors (Lipinski definition) is 1. The highest BCUT2D eigenvalue weighted by atomic mass is 14.7. The van der Waals surface area contributed by atoms with Crippen molar-refractivity contribution in [1.29, 1.82) is 0 Å². The molecule has 1 rings (SSSR count). The predicted octanol–water partition coefficient (Wildman–Crippen LogP) is 2.57. The fraction of sp³-hybridized carbons (Fsp3) is 0.818. The third kappa shape index (κ3) is 1.11. The van der Waals surface area contributed by atoms with E-state index in [9.17, 15) is 0 Å². The van der Waals surface area contributed by atoms with Gasteiger partial charge in [0.15, 0.2) is 0 Å². The Kier molecular flexibility index (Phi) is 2.12. The van der Waals surface area contributed by atoms with E-state index in [4.69, 9.17) is 5.73 Å². The van der Waals surface area contributed by atoms with Crippen molar-refractivity contribution in [2.45, 2.75) is 34.1 Å². The van der Waals surface area contributed by atoms with Gasteiger partial charge in [0.25, 0.3) is 0 Å². The van der Waals surface area contributed by atoms with Gasteiger partial charge in [-0.15, -0.1) is 0 Å². The summed E-state index contributed by atoms with van der Waals surface area (Å²) in [4.78, 5) is 0. The maximum absolute atomic E-state index is 5.51. The van der Waals surface area contributed by atoms with Crippen LogP contribution in [0.25, 0.3) is 0 Å². The number of hydrogen-bond donors (Lipinski definition) is 1. The second-order valence-corrected chi connectivity index (χ2v) is 5.07. The Bertz CT molecular complexity index is 187. The molecule has 1 nitrogen and oxygen atoms in total. The lowest BCUT2D eigenvalue weighted by atomic mass is 10.0. The van der Waals surface area contributed by atoms with Gasteiger partial charge >= 0.3 is 0 Å². The maximum Gasteiger partial charge on any atom is -0.00399 e. The average Bonchev–Trinajstić information content (AvgIpc) is 2.24. The molecule has 1 aliphatic rings. The van der Waals surface area contributed by atoms with Crippen molar-refractivity contribution < 1.29 is 0 Å². The molecule has 1 heteroatoms.